The summed E-state index contributed by atoms with van der Waals surface area (Å²) in [7, 11) is 0. The number of aryl methyl sites for hydroxylation is 1. The van der Waals surface area contributed by atoms with Gasteiger partial charge in [-0.25, -0.2) is 18.9 Å². The van der Waals surface area contributed by atoms with Crippen LogP contribution in [0.5, 0.6) is 0 Å². The van der Waals surface area contributed by atoms with Crippen molar-refractivity contribution in [2.45, 2.75) is 20.0 Å². The highest BCUT2D eigenvalue weighted by molar-refractivity contribution is 5.97. The number of anilines is 1. The molecule has 5 heterocycles. The summed E-state index contributed by atoms with van der Waals surface area (Å²) in [6.45, 7) is 7.96. The molecule has 36 heavy (non-hydrogen) atoms. The summed E-state index contributed by atoms with van der Waals surface area (Å²) in [5, 5.41) is 15.8. The van der Waals surface area contributed by atoms with E-state index in [0.717, 1.165) is 76.8 Å². The molecule has 0 amide bonds. The first kappa shape index (κ1) is 22.6. The summed E-state index contributed by atoms with van der Waals surface area (Å²) >= 11 is 0. The van der Waals surface area contributed by atoms with Crippen LogP contribution >= 0.6 is 0 Å². The Balaban J connectivity index is 1.51. The second-order valence-electron chi connectivity index (χ2n) is 9.47. The minimum Gasteiger partial charge on any atom is -0.392 e. The summed E-state index contributed by atoms with van der Waals surface area (Å²) in [5.74, 6) is 0.604. The number of piperazine rings is 1. The number of imidazole rings is 1. The Hall–Kier alpha value is -3.82. The van der Waals surface area contributed by atoms with E-state index in [2.05, 4.69) is 25.8 Å². The van der Waals surface area contributed by atoms with Gasteiger partial charge in [0, 0.05) is 61.6 Å². The highest BCUT2D eigenvalue weighted by Crippen LogP contribution is 2.37. The number of aliphatic hydroxyl groups is 1. The lowest BCUT2D eigenvalue weighted by molar-refractivity contribution is 0.122. The van der Waals surface area contributed by atoms with Crippen molar-refractivity contribution in [3.8, 4) is 22.5 Å². The number of aromatic amines is 1. The van der Waals surface area contributed by atoms with Crippen LogP contribution in [-0.2, 0) is 0 Å². The first-order valence-corrected chi connectivity index (χ1v) is 12.2. The number of fused-ring (bicyclic) bond motifs is 2. The predicted molar refractivity (Wildman–Crippen MR) is 139 cm³/mol. The van der Waals surface area contributed by atoms with Crippen LogP contribution in [0.3, 0.4) is 0 Å². The Morgan fingerprint density at radius 2 is 1.86 bits per heavy atom. The van der Waals surface area contributed by atoms with E-state index < -0.39 is 0 Å². The van der Waals surface area contributed by atoms with Gasteiger partial charge in [0.05, 0.1) is 11.8 Å². The largest absolute Gasteiger partial charge is 0.392 e. The van der Waals surface area contributed by atoms with Gasteiger partial charge in [-0.3, -0.25) is 4.90 Å². The van der Waals surface area contributed by atoms with Crippen molar-refractivity contribution < 1.29 is 9.50 Å². The van der Waals surface area contributed by atoms with Crippen molar-refractivity contribution in [3.05, 3.63) is 66.2 Å². The molecule has 2 N–H and O–H groups in total. The first-order valence-electron chi connectivity index (χ1n) is 12.2. The van der Waals surface area contributed by atoms with Gasteiger partial charge < -0.3 is 15.0 Å². The van der Waals surface area contributed by atoms with Crippen LogP contribution in [0, 0.1) is 12.7 Å². The number of nitrogens with one attached hydrogen (secondary N) is 1. The van der Waals surface area contributed by atoms with Gasteiger partial charge in [0.15, 0.2) is 5.65 Å². The molecule has 1 fully saturated rings. The maximum atomic E-state index is 13.7. The number of benzene rings is 1. The lowest BCUT2D eigenvalue weighted by atomic mass is 10.0. The quantitative estimate of drug-likeness (QED) is 0.393. The maximum absolute atomic E-state index is 13.7. The Morgan fingerprint density at radius 3 is 2.61 bits per heavy atom. The standard InChI is InChI=1S/C27H28FN7O/c1-17-15-23(34-13-11-33(12-14-34)16-18(2)36)32-35-25(21-7-9-29-26-22(21)8-10-30-26)24(31-27(17)35)19-3-5-20(28)6-4-19/h3-10,15,18,36H,11-14,16H2,1-2H3,(H,29,30)/t18-/m1/s1. The molecule has 1 atom stereocenters. The van der Waals surface area contributed by atoms with Crippen LogP contribution in [0.2, 0.25) is 0 Å². The Bertz CT molecular complexity index is 1530. The second kappa shape index (κ2) is 9.00. The average Bonchev–Trinajstić information content (AvgIpc) is 3.50. The van der Waals surface area contributed by atoms with Gasteiger partial charge in [-0.05, 0) is 61.9 Å². The Labute approximate surface area is 208 Å². The maximum Gasteiger partial charge on any atom is 0.158 e. The minimum atomic E-state index is -0.336. The molecule has 0 aliphatic carbocycles. The van der Waals surface area contributed by atoms with E-state index >= 15 is 0 Å². The third-order valence-corrected chi connectivity index (χ3v) is 6.81. The van der Waals surface area contributed by atoms with Gasteiger partial charge in [-0.1, -0.05) is 0 Å². The smallest absolute Gasteiger partial charge is 0.158 e. The van der Waals surface area contributed by atoms with Crippen LogP contribution in [-0.4, -0.2) is 73.4 Å². The molecule has 0 bridgehead atoms. The van der Waals surface area contributed by atoms with E-state index in [-0.39, 0.29) is 11.9 Å². The Kier molecular flexibility index (Phi) is 5.66. The van der Waals surface area contributed by atoms with Gasteiger partial charge in [0.1, 0.15) is 23.0 Å². The van der Waals surface area contributed by atoms with Crippen molar-refractivity contribution in [3.63, 3.8) is 0 Å². The Morgan fingerprint density at radius 1 is 1.08 bits per heavy atom. The molecule has 0 radical (unpaired) electrons. The predicted octanol–water partition coefficient (Wildman–Crippen LogP) is 3.89. The number of hydrogen-bond acceptors (Lipinski definition) is 6. The topological polar surface area (TPSA) is 85.6 Å². The van der Waals surface area contributed by atoms with Gasteiger partial charge >= 0.3 is 0 Å². The molecular weight excluding hydrogens is 457 g/mol. The molecule has 184 valence electrons. The molecule has 4 aromatic heterocycles. The summed E-state index contributed by atoms with van der Waals surface area (Å²) in [5.41, 5.74) is 5.94. The van der Waals surface area contributed by atoms with Crippen molar-refractivity contribution in [2.75, 3.05) is 37.6 Å². The molecular formula is C27H28FN7O. The van der Waals surface area contributed by atoms with Gasteiger partial charge in [-0.2, -0.15) is 0 Å². The monoisotopic (exact) mass is 485 g/mol. The van der Waals surface area contributed by atoms with E-state index in [1.165, 1.54) is 12.1 Å². The normalized spacial score (nSPS) is 15.7. The number of hydrogen-bond donors (Lipinski definition) is 2. The molecule has 1 saturated heterocycles. The summed E-state index contributed by atoms with van der Waals surface area (Å²) in [6, 6.07) is 12.5. The lowest BCUT2D eigenvalue weighted by Gasteiger charge is -2.35. The molecule has 0 unspecified atom stereocenters. The van der Waals surface area contributed by atoms with E-state index in [4.69, 9.17) is 10.1 Å². The van der Waals surface area contributed by atoms with Crippen LogP contribution in [0.4, 0.5) is 10.2 Å². The van der Waals surface area contributed by atoms with Crippen LogP contribution < -0.4 is 4.90 Å². The van der Waals surface area contributed by atoms with Gasteiger partial charge in [0.25, 0.3) is 0 Å². The average molecular weight is 486 g/mol. The van der Waals surface area contributed by atoms with Crippen molar-refractivity contribution in [1.82, 2.24) is 29.5 Å². The fraction of sp³-hybridized carbons (Fsp3) is 0.296. The highest BCUT2D eigenvalue weighted by Gasteiger charge is 2.24. The number of aromatic nitrogens is 5. The van der Waals surface area contributed by atoms with Gasteiger partial charge in [0.2, 0.25) is 0 Å². The number of aliphatic hydroxyl groups excluding tert-OH is 1. The molecule has 9 heteroatoms. The third kappa shape index (κ3) is 4.00. The number of rotatable bonds is 5. The van der Waals surface area contributed by atoms with E-state index in [1.54, 1.807) is 18.3 Å². The molecule has 1 aliphatic heterocycles. The third-order valence-electron chi connectivity index (χ3n) is 6.81. The molecule has 5 aromatic rings. The van der Waals surface area contributed by atoms with Crippen LogP contribution in [0.15, 0.2) is 54.9 Å². The summed E-state index contributed by atoms with van der Waals surface area (Å²) < 4.78 is 15.7. The zero-order valence-corrected chi connectivity index (χ0v) is 20.3. The number of nitrogens with zero attached hydrogens (tertiary/aromatic N) is 6. The van der Waals surface area contributed by atoms with Crippen molar-refractivity contribution in [1.29, 1.82) is 0 Å². The van der Waals surface area contributed by atoms with Gasteiger partial charge in [-0.15, -0.1) is 5.10 Å². The number of β-amino-alcohol motifs (C(OH)–C–C–N with tert-alkyl or cyclic N) is 1. The molecule has 8 nitrogen and oxygen atoms in total. The van der Waals surface area contributed by atoms with E-state index in [1.807, 2.05) is 36.7 Å². The van der Waals surface area contributed by atoms with E-state index in [9.17, 15) is 9.50 Å². The summed E-state index contributed by atoms with van der Waals surface area (Å²) in [6.07, 6.45) is 3.32. The van der Waals surface area contributed by atoms with Crippen LogP contribution in [0.25, 0.3) is 39.2 Å². The SMILES string of the molecule is Cc1cc(N2CCN(C[C@@H](C)O)CC2)nn2c(-c3ccnc4[nH]ccc34)c(-c3ccc(F)cc3)nc12. The molecule has 1 aromatic carbocycles. The number of H-pyrrole nitrogens is 1. The fourth-order valence-electron chi connectivity index (χ4n) is 5.06. The first-order chi connectivity index (χ1) is 17.5. The zero-order chi connectivity index (χ0) is 24.8. The van der Waals surface area contributed by atoms with Crippen molar-refractivity contribution >= 4 is 22.5 Å². The van der Waals surface area contributed by atoms with Crippen LogP contribution in [0.1, 0.15) is 12.5 Å². The van der Waals surface area contributed by atoms with E-state index in [0.29, 0.717) is 6.54 Å². The fourth-order valence-corrected chi connectivity index (χ4v) is 5.06. The highest BCUT2D eigenvalue weighted by atomic mass is 19.1. The second-order valence-corrected chi connectivity index (χ2v) is 9.47. The van der Waals surface area contributed by atoms with Crippen molar-refractivity contribution in [2.24, 2.45) is 0 Å². The molecule has 1 aliphatic rings. The molecule has 0 saturated carbocycles. The molecule has 6 rings (SSSR count). The number of halogens is 1. The number of pyridine rings is 1. The lowest BCUT2D eigenvalue weighted by Crippen LogP contribution is -2.48. The molecule has 0 spiro atoms. The zero-order valence-electron chi connectivity index (χ0n) is 20.3. The minimum absolute atomic E-state index is 0.285. The summed E-state index contributed by atoms with van der Waals surface area (Å²) in [4.78, 5) is 17.2.